The van der Waals surface area contributed by atoms with Gasteiger partial charge in [0.25, 0.3) is 11.5 Å². The molecule has 0 spiro atoms. The number of ether oxygens (including phenoxy) is 1. The Hall–Kier alpha value is -2.50. The molecule has 1 aromatic heterocycles. The number of carbonyl (C=O) groups excluding carboxylic acids is 1. The van der Waals surface area contributed by atoms with Gasteiger partial charge in [-0.3, -0.25) is 9.59 Å². The zero-order valence-electron chi connectivity index (χ0n) is 13.2. The van der Waals surface area contributed by atoms with E-state index in [-0.39, 0.29) is 18.1 Å². The van der Waals surface area contributed by atoms with Crippen LogP contribution in [0.2, 0.25) is 10.0 Å². The number of nitrogens with one attached hydrogen (secondary N) is 2. The van der Waals surface area contributed by atoms with Gasteiger partial charge in [-0.25, -0.2) is 0 Å². The van der Waals surface area contributed by atoms with E-state index in [9.17, 15) is 9.59 Å². The summed E-state index contributed by atoms with van der Waals surface area (Å²) in [5.41, 5.74) is 1.69. The van der Waals surface area contributed by atoms with E-state index in [1.807, 2.05) is 6.07 Å². The minimum absolute atomic E-state index is 0.156. The Morgan fingerprint density at radius 2 is 1.96 bits per heavy atom. The second kappa shape index (κ2) is 7.17. The first-order valence-electron chi connectivity index (χ1n) is 7.44. The zero-order chi connectivity index (χ0) is 18.0. The van der Waals surface area contributed by atoms with Crippen molar-refractivity contribution >= 4 is 45.7 Å². The minimum atomic E-state index is -0.347. The van der Waals surface area contributed by atoms with Crippen LogP contribution in [-0.2, 0) is 4.79 Å². The predicted octanol–water partition coefficient (Wildman–Crippen LogP) is 4.16. The smallest absolute Gasteiger partial charge is 0.262 e. The maximum atomic E-state index is 12.0. The van der Waals surface area contributed by atoms with Crippen LogP contribution >= 0.6 is 23.2 Å². The SMILES string of the molecule is Cc1cc2ccc(NC(=O)COc3ccc(Cl)cc3Cl)cc2[nH]c1=O. The lowest BCUT2D eigenvalue weighted by atomic mass is 10.1. The highest BCUT2D eigenvalue weighted by Gasteiger charge is 2.08. The molecule has 2 aromatic carbocycles. The first-order chi connectivity index (χ1) is 11.9. The molecule has 0 aliphatic carbocycles. The number of anilines is 1. The van der Waals surface area contributed by atoms with Crippen molar-refractivity contribution in [2.45, 2.75) is 6.92 Å². The third kappa shape index (κ3) is 4.13. The number of aryl methyl sites for hydroxylation is 1. The van der Waals surface area contributed by atoms with Crippen LogP contribution < -0.4 is 15.6 Å². The molecule has 7 heteroatoms. The Morgan fingerprint density at radius 1 is 1.16 bits per heavy atom. The molecule has 0 atom stereocenters. The fourth-order valence-corrected chi connectivity index (χ4v) is 2.78. The number of halogens is 2. The van der Waals surface area contributed by atoms with E-state index in [2.05, 4.69) is 10.3 Å². The van der Waals surface area contributed by atoms with Gasteiger partial charge in [-0.15, -0.1) is 0 Å². The van der Waals surface area contributed by atoms with Gasteiger partial charge in [0.1, 0.15) is 5.75 Å². The summed E-state index contributed by atoms with van der Waals surface area (Å²) in [6.45, 7) is 1.54. The number of aromatic nitrogens is 1. The van der Waals surface area contributed by atoms with Gasteiger partial charge in [0.2, 0.25) is 0 Å². The molecule has 0 fully saturated rings. The molecule has 128 valence electrons. The van der Waals surface area contributed by atoms with E-state index in [1.54, 1.807) is 37.3 Å². The first kappa shape index (κ1) is 17.3. The molecule has 5 nitrogen and oxygen atoms in total. The first-order valence-corrected chi connectivity index (χ1v) is 8.19. The zero-order valence-corrected chi connectivity index (χ0v) is 14.7. The summed E-state index contributed by atoms with van der Waals surface area (Å²) in [4.78, 5) is 26.5. The van der Waals surface area contributed by atoms with E-state index in [0.717, 1.165) is 5.39 Å². The van der Waals surface area contributed by atoms with Crippen molar-refractivity contribution < 1.29 is 9.53 Å². The monoisotopic (exact) mass is 376 g/mol. The third-order valence-electron chi connectivity index (χ3n) is 3.57. The Labute approximate surface area is 153 Å². The molecule has 1 heterocycles. The number of rotatable bonds is 4. The van der Waals surface area contributed by atoms with Crippen molar-refractivity contribution in [2.75, 3.05) is 11.9 Å². The van der Waals surface area contributed by atoms with Gasteiger partial charge in [-0.1, -0.05) is 29.3 Å². The minimum Gasteiger partial charge on any atom is -0.482 e. The van der Waals surface area contributed by atoms with Gasteiger partial charge in [0.05, 0.1) is 10.5 Å². The molecule has 0 saturated carbocycles. The van der Waals surface area contributed by atoms with Gasteiger partial charge >= 0.3 is 0 Å². The summed E-state index contributed by atoms with van der Waals surface area (Å²) in [5.74, 6) is 0.0272. The summed E-state index contributed by atoms with van der Waals surface area (Å²) < 4.78 is 5.39. The van der Waals surface area contributed by atoms with Gasteiger partial charge in [-0.2, -0.15) is 0 Å². The second-order valence-electron chi connectivity index (χ2n) is 5.50. The van der Waals surface area contributed by atoms with Crippen molar-refractivity contribution in [1.82, 2.24) is 4.98 Å². The number of hydrogen-bond donors (Lipinski definition) is 2. The number of pyridine rings is 1. The fraction of sp³-hybridized carbons (Fsp3) is 0.111. The summed E-state index contributed by atoms with van der Waals surface area (Å²) in [7, 11) is 0. The molecular weight excluding hydrogens is 363 g/mol. The molecule has 0 saturated heterocycles. The average Bonchev–Trinajstić information content (AvgIpc) is 2.55. The molecule has 0 aliphatic heterocycles. The lowest BCUT2D eigenvalue weighted by molar-refractivity contribution is -0.118. The van der Waals surface area contributed by atoms with E-state index in [1.165, 1.54) is 6.07 Å². The van der Waals surface area contributed by atoms with Crippen molar-refractivity contribution in [3.8, 4) is 5.75 Å². The third-order valence-corrected chi connectivity index (χ3v) is 4.10. The Morgan fingerprint density at radius 3 is 2.72 bits per heavy atom. The van der Waals surface area contributed by atoms with E-state index < -0.39 is 0 Å². The summed E-state index contributed by atoms with van der Waals surface area (Å²) in [5, 5.41) is 4.42. The number of H-pyrrole nitrogens is 1. The quantitative estimate of drug-likeness (QED) is 0.717. The summed E-state index contributed by atoms with van der Waals surface area (Å²) in [6.07, 6.45) is 0. The van der Waals surface area contributed by atoms with Crippen molar-refractivity contribution in [1.29, 1.82) is 0 Å². The highest BCUT2D eigenvalue weighted by molar-refractivity contribution is 6.35. The number of fused-ring (bicyclic) bond motifs is 1. The number of amides is 1. The molecule has 3 aromatic rings. The Kier molecular flexibility index (Phi) is 4.97. The average molecular weight is 377 g/mol. The number of carbonyl (C=O) groups is 1. The maximum Gasteiger partial charge on any atom is 0.262 e. The van der Waals surface area contributed by atoms with Crippen LogP contribution in [0.5, 0.6) is 5.75 Å². The van der Waals surface area contributed by atoms with Crippen LogP contribution in [-0.4, -0.2) is 17.5 Å². The predicted molar refractivity (Wildman–Crippen MR) is 99.9 cm³/mol. The maximum absolute atomic E-state index is 12.0. The molecular formula is C18H14Cl2N2O3. The van der Waals surface area contributed by atoms with Crippen molar-refractivity contribution in [2.24, 2.45) is 0 Å². The van der Waals surface area contributed by atoms with Crippen molar-refractivity contribution in [3.05, 3.63) is 68.4 Å². The number of aromatic amines is 1. The van der Waals surface area contributed by atoms with E-state index in [0.29, 0.717) is 32.6 Å². The molecule has 0 unspecified atom stereocenters. The molecule has 0 bridgehead atoms. The Bertz CT molecular complexity index is 1010. The Balaban J connectivity index is 1.69. The van der Waals surface area contributed by atoms with Gasteiger partial charge in [-0.05, 0) is 48.7 Å². The standard InChI is InChI=1S/C18H14Cl2N2O3/c1-10-6-11-2-4-13(8-15(11)22-18(10)24)21-17(23)9-25-16-5-3-12(19)7-14(16)20/h2-8H,9H2,1H3,(H,21,23)(H,22,24). The van der Waals surface area contributed by atoms with Gasteiger partial charge < -0.3 is 15.0 Å². The van der Waals surface area contributed by atoms with Crippen LogP contribution in [0.25, 0.3) is 10.9 Å². The van der Waals surface area contributed by atoms with E-state index >= 15 is 0 Å². The number of benzene rings is 2. The van der Waals surface area contributed by atoms with Crippen LogP contribution in [0.1, 0.15) is 5.56 Å². The van der Waals surface area contributed by atoms with Crippen molar-refractivity contribution in [3.63, 3.8) is 0 Å². The molecule has 3 rings (SSSR count). The van der Waals surface area contributed by atoms with Crippen LogP contribution in [0, 0.1) is 6.92 Å². The lowest BCUT2D eigenvalue weighted by Crippen LogP contribution is -2.20. The normalized spacial score (nSPS) is 10.7. The molecule has 0 aliphatic rings. The van der Waals surface area contributed by atoms with Gasteiger partial charge in [0.15, 0.2) is 6.61 Å². The van der Waals surface area contributed by atoms with E-state index in [4.69, 9.17) is 27.9 Å². The van der Waals surface area contributed by atoms with Crippen LogP contribution in [0.3, 0.4) is 0 Å². The number of hydrogen-bond acceptors (Lipinski definition) is 3. The molecule has 2 N–H and O–H groups in total. The topological polar surface area (TPSA) is 71.2 Å². The van der Waals surface area contributed by atoms with Crippen LogP contribution in [0.15, 0.2) is 47.3 Å². The van der Waals surface area contributed by atoms with Crippen LogP contribution in [0.4, 0.5) is 5.69 Å². The fourth-order valence-electron chi connectivity index (χ4n) is 2.32. The molecule has 25 heavy (non-hydrogen) atoms. The highest BCUT2D eigenvalue weighted by atomic mass is 35.5. The van der Waals surface area contributed by atoms with Gasteiger partial charge in [0, 0.05) is 16.3 Å². The lowest BCUT2D eigenvalue weighted by Gasteiger charge is -2.09. The largest absolute Gasteiger partial charge is 0.482 e. The second-order valence-corrected chi connectivity index (χ2v) is 6.34. The molecule has 1 amide bonds. The highest BCUT2D eigenvalue weighted by Crippen LogP contribution is 2.27. The molecule has 0 radical (unpaired) electrons. The summed E-state index contributed by atoms with van der Waals surface area (Å²) >= 11 is 11.8. The summed E-state index contributed by atoms with van der Waals surface area (Å²) in [6, 6.07) is 11.8.